The molecule has 1 fully saturated rings. The van der Waals surface area contributed by atoms with Gasteiger partial charge in [-0.15, -0.1) is 0 Å². The first kappa shape index (κ1) is 12.6. The highest BCUT2D eigenvalue weighted by atomic mass is 16.5. The number of rotatable bonds is 5. The van der Waals surface area contributed by atoms with E-state index in [9.17, 15) is 9.59 Å². The van der Waals surface area contributed by atoms with Gasteiger partial charge in [0.2, 0.25) is 17.8 Å². The molecule has 0 aliphatic carbocycles. The molecule has 0 spiro atoms. The van der Waals surface area contributed by atoms with Crippen molar-refractivity contribution < 1.29 is 14.3 Å². The molecule has 1 unspecified atom stereocenters. The van der Waals surface area contributed by atoms with Gasteiger partial charge in [0.25, 0.3) is 0 Å². The van der Waals surface area contributed by atoms with Gasteiger partial charge in [0.1, 0.15) is 0 Å². The number of imidazole rings is 1. The summed E-state index contributed by atoms with van der Waals surface area (Å²) in [5.74, 6) is -0.105. The number of anilines is 1. The molecule has 2 heterocycles. The Morgan fingerprint density at radius 1 is 1.72 bits per heavy atom. The fourth-order valence-corrected chi connectivity index (χ4v) is 1.92. The van der Waals surface area contributed by atoms with Crippen molar-refractivity contribution in [2.24, 2.45) is 5.92 Å². The van der Waals surface area contributed by atoms with Gasteiger partial charge in [0.15, 0.2) is 0 Å². The number of ether oxygens (including phenoxy) is 1. The van der Waals surface area contributed by atoms with Crippen molar-refractivity contribution >= 4 is 17.8 Å². The molecule has 1 atom stereocenters. The van der Waals surface area contributed by atoms with Crippen LogP contribution in [0, 0.1) is 5.92 Å². The van der Waals surface area contributed by atoms with Crippen LogP contribution in [0.25, 0.3) is 0 Å². The highest BCUT2D eigenvalue weighted by molar-refractivity contribution is 5.96. The Balaban J connectivity index is 1.87. The monoisotopic (exact) mass is 252 g/mol. The summed E-state index contributed by atoms with van der Waals surface area (Å²) in [7, 11) is 1.58. The second kappa shape index (κ2) is 5.63. The Bertz CT molecular complexity index is 418. The second-order valence-corrected chi connectivity index (χ2v) is 4.16. The van der Waals surface area contributed by atoms with Gasteiger partial charge in [-0.1, -0.05) is 0 Å². The van der Waals surface area contributed by atoms with Gasteiger partial charge < -0.3 is 14.6 Å². The average Bonchev–Trinajstić information content (AvgIpc) is 2.96. The second-order valence-electron chi connectivity index (χ2n) is 4.16. The number of carbonyl (C=O) groups is 2. The van der Waals surface area contributed by atoms with E-state index in [0.717, 1.165) is 0 Å². The molecule has 0 aromatic carbocycles. The third-order valence-corrected chi connectivity index (χ3v) is 2.89. The summed E-state index contributed by atoms with van der Waals surface area (Å²) < 4.78 is 4.92. The number of aromatic amines is 1. The van der Waals surface area contributed by atoms with Crippen LogP contribution < -0.4 is 5.32 Å². The van der Waals surface area contributed by atoms with Crippen molar-refractivity contribution in [2.45, 2.75) is 6.42 Å². The summed E-state index contributed by atoms with van der Waals surface area (Å²) in [4.78, 5) is 31.9. The first-order valence-corrected chi connectivity index (χ1v) is 5.77. The summed E-state index contributed by atoms with van der Waals surface area (Å²) in [6.45, 7) is 1.45. The molecule has 1 aliphatic rings. The van der Waals surface area contributed by atoms with Crippen LogP contribution in [-0.4, -0.2) is 53.5 Å². The van der Waals surface area contributed by atoms with E-state index in [1.54, 1.807) is 24.4 Å². The predicted molar refractivity (Wildman–Crippen MR) is 63.8 cm³/mol. The molecule has 18 heavy (non-hydrogen) atoms. The van der Waals surface area contributed by atoms with E-state index in [0.29, 0.717) is 25.6 Å². The summed E-state index contributed by atoms with van der Waals surface area (Å²) in [5, 5.41) is 2.65. The minimum absolute atomic E-state index is 0.00774. The first-order valence-electron chi connectivity index (χ1n) is 5.77. The number of aromatic nitrogens is 2. The van der Waals surface area contributed by atoms with Crippen molar-refractivity contribution in [3.05, 3.63) is 12.4 Å². The molecular weight excluding hydrogens is 236 g/mol. The Morgan fingerprint density at radius 3 is 3.22 bits per heavy atom. The number of hydrogen-bond donors (Lipinski definition) is 2. The van der Waals surface area contributed by atoms with Gasteiger partial charge in [-0.05, 0) is 0 Å². The lowest BCUT2D eigenvalue weighted by Crippen LogP contribution is -2.30. The van der Waals surface area contributed by atoms with Crippen LogP contribution in [0.5, 0.6) is 0 Å². The maximum Gasteiger partial charge on any atom is 0.232 e. The molecule has 0 saturated carbocycles. The molecule has 0 radical (unpaired) electrons. The smallest absolute Gasteiger partial charge is 0.232 e. The molecule has 7 heteroatoms. The minimum atomic E-state index is -0.320. The molecule has 98 valence electrons. The highest BCUT2D eigenvalue weighted by Gasteiger charge is 2.34. The van der Waals surface area contributed by atoms with E-state index < -0.39 is 0 Å². The zero-order valence-corrected chi connectivity index (χ0v) is 10.2. The topological polar surface area (TPSA) is 87.3 Å². The van der Waals surface area contributed by atoms with E-state index in [2.05, 4.69) is 15.3 Å². The van der Waals surface area contributed by atoms with Gasteiger partial charge in [-0.2, -0.15) is 0 Å². The summed E-state index contributed by atoms with van der Waals surface area (Å²) in [6, 6.07) is 0. The highest BCUT2D eigenvalue weighted by Crippen LogP contribution is 2.18. The van der Waals surface area contributed by atoms with Crippen molar-refractivity contribution in [1.29, 1.82) is 0 Å². The molecule has 1 aromatic heterocycles. The van der Waals surface area contributed by atoms with Gasteiger partial charge in [-0.3, -0.25) is 14.9 Å². The average molecular weight is 252 g/mol. The fraction of sp³-hybridized carbons (Fsp3) is 0.545. The maximum absolute atomic E-state index is 11.9. The Labute approximate surface area is 105 Å². The van der Waals surface area contributed by atoms with Crippen LogP contribution in [0.2, 0.25) is 0 Å². The lowest BCUT2D eigenvalue weighted by molar-refractivity contribution is -0.128. The molecule has 1 aromatic rings. The van der Waals surface area contributed by atoms with Crippen molar-refractivity contribution in [1.82, 2.24) is 14.9 Å². The molecule has 1 aliphatic heterocycles. The molecule has 1 saturated heterocycles. The summed E-state index contributed by atoms with van der Waals surface area (Å²) in [6.07, 6.45) is 3.43. The standard InChI is InChI=1S/C11H16N4O3/c1-18-5-4-15-7-8(6-9(15)16)10(17)14-11-12-2-3-13-11/h2-3,8H,4-7H2,1H3,(H2,12,13,14,17). The zero-order valence-electron chi connectivity index (χ0n) is 10.2. The van der Waals surface area contributed by atoms with E-state index in [4.69, 9.17) is 4.74 Å². The molecule has 0 bridgehead atoms. The van der Waals surface area contributed by atoms with Crippen LogP contribution in [0.15, 0.2) is 12.4 Å². The number of H-pyrrole nitrogens is 1. The number of nitrogens with zero attached hydrogens (tertiary/aromatic N) is 2. The van der Waals surface area contributed by atoms with Crippen LogP contribution in [0.4, 0.5) is 5.95 Å². The number of hydrogen-bond acceptors (Lipinski definition) is 4. The predicted octanol–water partition coefficient (Wildman–Crippen LogP) is -0.157. The molecule has 2 rings (SSSR count). The number of likely N-dealkylation sites (tertiary alicyclic amines) is 1. The number of amides is 2. The van der Waals surface area contributed by atoms with Crippen LogP contribution >= 0.6 is 0 Å². The van der Waals surface area contributed by atoms with Crippen molar-refractivity contribution in [3.63, 3.8) is 0 Å². The van der Waals surface area contributed by atoms with E-state index in [-0.39, 0.29) is 24.2 Å². The quantitative estimate of drug-likeness (QED) is 0.762. The Hall–Kier alpha value is -1.89. The third kappa shape index (κ3) is 2.86. The number of methoxy groups -OCH3 is 1. The van der Waals surface area contributed by atoms with Gasteiger partial charge in [-0.25, -0.2) is 4.98 Å². The van der Waals surface area contributed by atoms with Crippen molar-refractivity contribution in [3.8, 4) is 0 Å². The summed E-state index contributed by atoms with van der Waals surface area (Å²) >= 11 is 0. The van der Waals surface area contributed by atoms with E-state index >= 15 is 0 Å². The minimum Gasteiger partial charge on any atom is -0.383 e. The number of carbonyl (C=O) groups excluding carboxylic acids is 2. The van der Waals surface area contributed by atoms with E-state index in [1.807, 2.05) is 0 Å². The maximum atomic E-state index is 11.9. The largest absolute Gasteiger partial charge is 0.383 e. The van der Waals surface area contributed by atoms with Gasteiger partial charge in [0.05, 0.1) is 12.5 Å². The lowest BCUT2D eigenvalue weighted by Gasteiger charge is -2.15. The molecular formula is C11H16N4O3. The normalized spacial score (nSPS) is 19.3. The SMILES string of the molecule is COCCN1CC(C(=O)Nc2ncc[nH]2)CC1=O. The Morgan fingerprint density at radius 2 is 2.56 bits per heavy atom. The molecule has 2 N–H and O–H groups in total. The van der Waals surface area contributed by atoms with Gasteiger partial charge in [0, 0.05) is 39.0 Å². The van der Waals surface area contributed by atoms with Crippen LogP contribution in [0.3, 0.4) is 0 Å². The van der Waals surface area contributed by atoms with Crippen LogP contribution in [-0.2, 0) is 14.3 Å². The van der Waals surface area contributed by atoms with Crippen LogP contribution in [0.1, 0.15) is 6.42 Å². The fourth-order valence-electron chi connectivity index (χ4n) is 1.92. The summed E-state index contributed by atoms with van der Waals surface area (Å²) in [5.41, 5.74) is 0. The molecule has 2 amide bonds. The number of nitrogens with one attached hydrogen (secondary N) is 2. The van der Waals surface area contributed by atoms with E-state index in [1.165, 1.54) is 0 Å². The van der Waals surface area contributed by atoms with Crippen molar-refractivity contribution in [2.75, 3.05) is 32.1 Å². The third-order valence-electron chi connectivity index (χ3n) is 2.89. The first-order chi connectivity index (χ1) is 8.70. The zero-order chi connectivity index (χ0) is 13.0. The van der Waals surface area contributed by atoms with Gasteiger partial charge >= 0.3 is 0 Å². The Kier molecular flexibility index (Phi) is 3.93. The molecule has 7 nitrogen and oxygen atoms in total. The lowest BCUT2D eigenvalue weighted by atomic mass is 10.1.